The Bertz CT molecular complexity index is 454. The van der Waals surface area contributed by atoms with Crippen molar-refractivity contribution in [2.45, 2.75) is 45.1 Å². The van der Waals surface area contributed by atoms with E-state index in [9.17, 15) is 9.90 Å². The standard InChI is InChI=1S/C13H19N3O2/c1-13(2,3)10-6-7-14-12(15-10)16-8-4-5-9(16)11(17)18/h6-7,9H,4-5,8H2,1-3H3,(H,17,18)/t9-/m0/s1. The summed E-state index contributed by atoms with van der Waals surface area (Å²) in [7, 11) is 0. The summed E-state index contributed by atoms with van der Waals surface area (Å²) in [4.78, 5) is 21.7. The van der Waals surface area contributed by atoms with Gasteiger partial charge in [-0.2, -0.15) is 0 Å². The maximum atomic E-state index is 11.2. The van der Waals surface area contributed by atoms with Crippen molar-refractivity contribution >= 4 is 11.9 Å². The number of anilines is 1. The molecule has 0 radical (unpaired) electrons. The fourth-order valence-electron chi connectivity index (χ4n) is 2.17. The summed E-state index contributed by atoms with van der Waals surface area (Å²) in [6.07, 6.45) is 3.25. The third-order valence-electron chi connectivity index (χ3n) is 3.21. The normalized spacial score (nSPS) is 20.2. The Morgan fingerprint density at radius 1 is 1.50 bits per heavy atom. The molecule has 1 aromatic rings. The van der Waals surface area contributed by atoms with Crippen molar-refractivity contribution in [3.63, 3.8) is 0 Å². The molecule has 1 saturated heterocycles. The lowest BCUT2D eigenvalue weighted by atomic mass is 9.92. The van der Waals surface area contributed by atoms with Gasteiger partial charge in [-0.1, -0.05) is 20.8 Å². The number of aliphatic carboxylic acids is 1. The number of carbonyl (C=O) groups is 1. The SMILES string of the molecule is CC(C)(C)c1ccnc(N2CCC[C@H]2C(=O)O)n1. The van der Waals surface area contributed by atoms with Gasteiger partial charge < -0.3 is 10.0 Å². The monoisotopic (exact) mass is 249 g/mol. The van der Waals surface area contributed by atoms with Gasteiger partial charge in [-0.05, 0) is 18.9 Å². The highest BCUT2D eigenvalue weighted by Crippen LogP contribution is 2.25. The highest BCUT2D eigenvalue weighted by atomic mass is 16.4. The van der Waals surface area contributed by atoms with E-state index in [1.54, 1.807) is 11.1 Å². The zero-order chi connectivity index (χ0) is 13.3. The molecule has 0 bridgehead atoms. The number of hydrogen-bond donors (Lipinski definition) is 1. The molecule has 2 heterocycles. The van der Waals surface area contributed by atoms with E-state index in [-0.39, 0.29) is 5.41 Å². The number of nitrogens with zero attached hydrogens (tertiary/aromatic N) is 3. The second-order valence-electron chi connectivity index (χ2n) is 5.68. The summed E-state index contributed by atoms with van der Waals surface area (Å²) >= 11 is 0. The Morgan fingerprint density at radius 2 is 2.22 bits per heavy atom. The summed E-state index contributed by atoms with van der Waals surface area (Å²) in [5.41, 5.74) is 0.874. The lowest BCUT2D eigenvalue weighted by Gasteiger charge is -2.24. The Morgan fingerprint density at radius 3 is 2.83 bits per heavy atom. The summed E-state index contributed by atoms with van der Waals surface area (Å²) in [5.74, 6) is -0.260. The van der Waals surface area contributed by atoms with Crippen LogP contribution in [0.5, 0.6) is 0 Å². The van der Waals surface area contributed by atoms with Gasteiger partial charge in [0.2, 0.25) is 5.95 Å². The van der Waals surface area contributed by atoms with Crippen molar-refractivity contribution in [1.29, 1.82) is 0 Å². The molecule has 1 N–H and O–H groups in total. The fourth-order valence-corrected chi connectivity index (χ4v) is 2.17. The smallest absolute Gasteiger partial charge is 0.326 e. The van der Waals surface area contributed by atoms with Crippen LogP contribution in [0.1, 0.15) is 39.3 Å². The van der Waals surface area contributed by atoms with Crippen LogP contribution in [-0.2, 0) is 10.2 Å². The Labute approximate surface area is 107 Å². The van der Waals surface area contributed by atoms with Crippen molar-refractivity contribution in [3.05, 3.63) is 18.0 Å². The van der Waals surface area contributed by atoms with E-state index in [0.29, 0.717) is 18.9 Å². The van der Waals surface area contributed by atoms with Gasteiger partial charge >= 0.3 is 5.97 Å². The molecule has 0 spiro atoms. The molecule has 98 valence electrons. The minimum atomic E-state index is -0.794. The molecule has 1 atom stereocenters. The van der Waals surface area contributed by atoms with Crippen molar-refractivity contribution in [2.24, 2.45) is 0 Å². The maximum Gasteiger partial charge on any atom is 0.326 e. The van der Waals surface area contributed by atoms with Crippen LogP contribution >= 0.6 is 0 Å². The van der Waals surface area contributed by atoms with Crippen LogP contribution in [0.4, 0.5) is 5.95 Å². The second-order valence-corrected chi connectivity index (χ2v) is 5.68. The number of aromatic nitrogens is 2. The van der Waals surface area contributed by atoms with Gasteiger partial charge in [0.05, 0.1) is 5.69 Å². The van der Waals surface area contributed by atoms with Gasteiger partial charge in [0.1, 0.15) is 6.04 Å². The molecule has 1 aliphatic heterocycles. The second kappa shape index (κ2) is 4.55. The molecule has 0 aliphatic carbocycles. The van der Waals surface area contributed by atoms with Crippen molar-refractivity contribution in [2.75, 3.05) is 11.4 Å². The van der Waals surface area contributed by atoms with E-state index in [1.807, 2.05) is 6.07 Å². The van der Waals surface area contributed by atoms with Gasteiger partial charge in [-0.15, -0.1) is 0 Å². The van der Waals surface area contributed by atoms with E-state index >= 15 is 0 Å². The average Bonchev–Trinajstić information content (AvgIpc) is 2.77. The third kappa shape index (κ3) is 2.44. The van der Waals surface area contributed by atoms with Gasteiger partial charge in [0.15, 0.2) is 0 Å². The van der Waals surface area contributed by atoms with Crippen LogP contribution in [-0.4, -0.2) is 33.6 Å². The molecule has 18 heavy (non-hydrogen) atoms. The van der Waals surface area contributed by atoms with Gasteiger partial charge in [-0.3, -0.25) is 0 Å². The predicted octanol–water partition coefficient (Wildman–Crippen LogP) is 1.83. The molecular formula is C13H19N3O2. The van der Waals surface area contributed by atoms with E-state index in [0.717, 1.165) is 12.1 Å². The Hall–Kier alpha value is -1.65. The van der Waals surface area contributed by atoms with Gasteiger partial charge in [0, 0.05) is 18.2 Å². The first kappa shape index (κ1) is 12.8. The number of carboxylic acid groups (broad SMARTS) is 1. The lowest BCUT2D eigenvalue weighted by molar-refractivity contribution is -0.138. The van der Waals surface area contributed by atoms with Gasteiger partial charge in [-0.25, -0.2) is 14.8 Å². The van der Waals surface area contributed by atoms with Crippen LogP contribution in [0.3, 0.4) is 0 Å². The molecule has 1 aromatic heterocycles. The Balaban J connectivity index is 2.31. The molecular weight excluding hydrogens is 230 g/mol. The van der Waals surface area contributed by atoms with Gasteiger partial charge in [0.25, 0.3) is 0 Å². The van der Waals surface area contributed by atoms with Crippen LogP contribution in [0.25, 0.3) is 0 Å². The summed E-state index contributed by atoms with van der Waals surface area (Å²) in [6.45, 7) is 6.96. The lowest BCUT2D eigenvalue weighted by Crippen LogP contribution is -2.37. The molecule has 0 saturated carbocycles. The van der Waals surface area contributed by atoms with Crippen molar-refractivity contribution < 1.29 is 9.90 Å². The van der Waals surface area contributed by atoms with E-state index in [4.69, 9.17) is 0 Å². The predicted molar refractivity (Wildman–Crippen MR) is 68.7 cm³/mol. The number of rotatable bonds is 2. The first-order chi connectivity index (χ1) is 8.39. The van der Waals surface area contributed by atoms with Crippen LogP contribution < -0.4 is 4.90 Å². The first-order valence-corrected chi connectivity index (χ1v) is 6.22. The first-order valence-electron chi connectivity index (χ1n) is 6.22. The topological polar surface area (TPSA) is 66.3 Å². The van der Waals surface area contributed by atoms with Crippen molar-refractivity contribution in [3.8, 4) is 0 Å². The summed E-state index contributed by atoms with van der Waals surface area (Å²) < 4.78 is 0. The van der Waals surface area contributed by atoms with E-state index in [2.05, 4.69) is 30.7 Å². The maximum absolute atomic E-state index is 11.2. The van der Waals surface area contributed by atoms with Crippen LogP contribution in [0.15, 0.2) is 12.3 Å². The molecule has 1 fully saturated rings. The molecule has 5 heteroatoms. The zero-order valence-corrected chi connectivity index (χ0v) is 11.1. The minimum absolute atomic E-state index is 0.0594. The number of hydrogen-bond acceptors (Lipinski definition) is 4. The molecule has 0 unspecified atom stereocenters. The highest BCUT2D eigenvalue weighted by molar-refractivity contribution is 5.78. The molecule has 1 aliphatic rings. The van der Waals surface area contributed by atoms with Crippen molar-refractivity contribution in [1.82, 2.24) is 9.97 Å². The average molecular weight is 249 g/mol. The van der Waals surface area contributed by atoms with E-state index < -0.39 is 12.0 Å². The highest BCUT2D eigenvalue weighted by Gasteiger charge is 2.32. The van der Waals surface area contributed by atoms with Crippen LogP contribution in [0.2, 0.25) is 0 Å². The van der Waals surface area contributed by atoms with Crippen LogP contribution in [0, 0.1) is 0 Å². The summed E-state index contributed by atoms with van der Waals surface area (Å²) in [5, 5.41) is 9.18. The fraction of sp³-hybridized carbons (Fsp3) is 0.615. The largest absolute Gasteiger partial charge is 0.480 e. The Kier molecular flexibility index (Phi) is 3.24. The van der Waals surface area contributed by atoms with E-state index in [1.165, 1.54) is 0 Å². The third-order valence-corrected chi connectivity index (χ3v) is 3.21. The summed E-state index contributed by atoms with van der Waals surface area (Å²) in [6, 6.07) is 1.40. The quantitative estimate of drug-likeness (QED) is 0.866. The molecule has 5 nitrogen and oxygen atoms in total. The zero-order valence-electron chi connectivity index (χ0n) is 11.1. The number of carboxylic acids is 1. The minimum Gasteiger partial charge on any atom is -0.480 e. The molecule has 0 aromatic carbocycles. The molecule has 2 rings (SSSR count). The molecule has 0 amide bonds.